The van der Waals surface area contributed by atoms with E-state index in [-0.39, 0.29) is 17.0 Å². The van der Waals surface area contributed by atoms with E-state index in [2.05, 4.69) is 10.0 Å². The highest BCUT2D eigenvalue weighted by molar-refractivity contribution is 7.86. The Bertz CT molecular complexity index is 371. The van der Waals surface area contributed by atoms with Crippen LogP contribution in [0.15, 0.2) is 17.0 Å². The molecule has 1 fully saturated rings. The van der Waals surface area contributed by atoms with Crippen molar-refractivity contribution in [1.82, 2.24) is 4.90 Å². The van der Waals surface area contributed by atoms with Gasteiger partial charge in [0.15, 0.2) is 0 Å². The maximum atomic E-state index is 11.4. The third-order valence-electron chi connectivity index (χ3n) is 2.00. The van der Waals surface area contributed by atoms with E-state index in [1.54, 1.807) is 0 Å². The fraction of sp³-hybridized carbons (Fsp3) is 0.500. The van der Waals surface area contributed by atoms with Gasteiger partial charge in [0.1, 0.15) is 5.37 Å². The molecular formula is C6H6N4O2S. The number of carbonyl (C=O) groups excluding carboxylic acids is 1. The first-order chi connectivity index (χ1) is 6.22. The SMILES string of the molecule is [N-]=[N+]=NC1=CN2C(=O)C[C@@H]2S(=O)C1. The smallest absolute Gasteiger partial charge is 0.230 e. The van der Waals surface area contributed by atoms with Crippen LogP contribution in [-0.4, -0.2) is 26.1 Å². The molecule has 0 spiro atoms. The molecule has 68 valence electrons. The third kappa shape index (κ3) is 1.22. The molecule has 13 heavy (non-hydrogen) atoms. The molecule has 1 saturated heterocycles. The summed E-state index contributed by atoms with van der Waals surface area (Å²) in [6.45, 7) is 0. The molecule has 1 unspecified atom stereocenters. The monoisotopic (exact) mass is 198 g/mol. The van der Waals surface area contributed by atoms with Gasteiger partial charge in [0.25, 0.3) is 0 Å². The molecule has 0 aromatic rings. The average Bonchev–Trinajstić information content (AvgIpc) is 2.09. The molecule has 7 heteroatoms. The quantitative estimate of drug-likeness (QED) is 0.265. The summed E-state index contributed by atoms with van der Waals surface area (Å²) < 4.78 is 11.4. The Morgan fingerprint density at radius 3 is 3.15 bits per heavy atom. The van der Waals surface area contributed by atoms with Crippen molar-refractivity contribution in [1.29, 1.82) is 0 Å². The van der Waals surface area contributed by atoms with Gasteiger partial charge in [0, 0.05) is 27.6 Å². The Labute approximate surface area is 76.3 Å². The van der Waals surface area contributed by atoms with Gasteiger partial charge in [0.2, 0.25) is 5.91 Å². The fourth-order valence-corrected chi connectivity index (χ4v) is 2.70. The third-order valence-corrected chi connectivity index (χ3v) is 3.58. The van der Waals surface area contributed by atoms with Gasteiger partial charge in [-0.05, 0) is 5.53 Å². The normalized spacial score (nSPS) is 31.2. The van der Waals surface area contributed by atoms with Crippen LogP contribution in [0.4, 0.5) is 0 Å². The average molecular weight is 198 g/mol. The number of nitrogens with zero attached hydrogens (tertiary/aromatic N) is 4. The second-order valence-electron chi connectivity index (χ2n) is 2.79. The maximum absolute atomic E-state index is 11.4. The van der Waals surface area contributed by atoms with Crippen LogP contribution in [0.3, 0.4) is 0 Å². The number of rotatable bonds is 1. The van der Waals surface area contributed by atoms with Crippen LogP contribution in [0.5, 0.6) is 0 Å². The van der Waals surface area contributed by atoms with E-state index in [9.17, 15) is 9.00 Å². The molecule has 0 aliphatic carbocycles. The van der Waals surface area contributed by atoms with Crippen LogP contribution in [-0.2, 0) is 15.6 Å². The maximum Gasteiger partial charge on any atom is 0.230 e. The van der Waals surface area contributed by atoms with Crippen molar-refractivity contribution in [3.63, 3.8) is 0 Å². The van der Waals surface area contributed by atoms with Gasteiger partial charge < -0.3 is 4.90 Å². The van der Waals surface area contributed by atoms with Crippen molar-refractivity contribution in [3.8, 4) is 0 Å². The van der Waals surface area contributed by atoms with Gasteiger partial charge in [-0.3, -0.25) is 9.00 Å². The lowest BCUT2D eigenvalue weighted by atomic mass is 10.2. The predicted molar refractivity (Wildman–Crippen MR) is 45.5 cm³/mol. The van der Waals surface area contributed by atoms with E-state index in [0.717, 1.165) is 0 Å². The number of β-lactam (4-membered cyclic amide) rings is 1. The van der Waals surface area contributed by atoms with Crippen LogP contribution in [0.1, 0.15) is 6.42 Å². The Hall–Kier alpha value is -1.33. The van der Waals surface area contributed by atoms with Crippen LogP contribution in [0.2, 0.25) is 0 Å². The van der Waals surface area contributed by atoms with Crippen molar-refractivity contribution >= 4 is 16.7 Å². The molecule has 2 rings (SSSR count). The van der Waals surface area contributed by atoms with Gasteiger partial charge in [-0.2, -0.15) is 0 Å². The van der Waals surface area contributed by atoms with E-state index < -0.39 is 10.8 Å². The zero-order valence-corrected chi connectivity index (χ0v) is 7.40. The lowest BCUT2D eigenvalue weighted by molar-refractivity contribution is -0.137. The van der Waals surface area contributed by atoms with Crippen LogP contribution in [0, 0.1) is 0 Å². The zero-order valence-electron chi connectivity index (χ0n) is 6.58. The molecule has 0 saturated carbocycles. The summed E-state index contributed by atoms with van der Waals surface area (Å²) in [7, 11) is -1.11. The highest BCUT2D eigenvalue weighted by atomic mass is 32.2. The minimum atomic E-state index is -1.11. The molecule has 2 aliphatic heterocycles. The number of amides is 1. The summed E-state index contributed by atoms with van der Waals surface area (Å²) >= 11 is 0. The van der Waals surface area contributed by atoms with Crippen molar-refractivity contribution in [2.45, 2.75) is 11.8 Å². The van der Waals surface area contributed by atoms with E-state index in [1.165, 1.54) is 11.1 Å². The number of carbonyl (C=O) groups is 1. The summed E-state index contributed by atoms with van der Waals surface area (Å²) in [4.78, 5) is 14.9. The van der Waals surface area contributed by atoms with E-state index in [0.29, 0.717) is 12.1 Å². The lowest BCUT2D eigenvalue weighted by Gasteiger charge is -2.39. The first-order valence-corrected chi connectivity index (χ1v) is 5.04. The second kappa shape index (κ2) is 2.86. The fourth-order valence-electron chi connectivity index (χ4n) is 1.33. The molecule has 0 aromatic carbocycles. The Balaban J connectivity index is 2.29. The summed E-state index contributed by atoms with van der Waals surface area (Å²) in [6.07, 6.45) is 1.82. The first kappa shape index (κ1) is 8.28. The van der Waals surface area contributed by atoms with Gasteiger partial charge in [0.05, 0.1) is 12.2 Å². The van der Waals surface area contributed by atoms with Crippen molar-refractivity contribution in [2.75, 3.05) is 5.75 Å². The molecule has 2 aliphatic rings. The summed E-state index contributed by atoms with van der Waals surface area (Å²) in [5, 5.41) is 3.15. The molecule has 1 amide bonds. The highest BCUT2D eigenvalue weighted by Crippen LogP contribution is 2.28. The molecular weight excluding hydrogens is 192 g/mol. The lowest BCUT2D eigenvalue weighted by Crippen LogP contribution is -2.54. The number of hydrogen-bond donors (Lipinski definition) is 0. The summed E-state index contributed by atoms with van der Waals surface area (Å²) in [6, 6.07) is 0. The Morgan fingerprint density at radius 2 is 2.54 bits per heavy atom. The van der Waals surface area contributed by atoms with E-state index in [1.807, 2.05) is 0 Å². The number of fused-ring (bicyclic) bond motifs is 1. The molecule has 6 nitrogen and oxygen atoms in total. The second-order valence-corrected chi connectivity index (χ2v) is 4.39. The largest absolute Gasteiger partial charge is 0.303 e. The molecule has 2 atom stereocenters. The van der Waals surface area contributed by atoms with Gasteiger partial charge in [-0.1, -0.05) is 5.11 Å². The Morgan fingerprint density at radius 1 is 1.77 bits per heavy atom. The van der Waals surface area contributed by atoms with Crippen LogP contribution in [0.25, 0.3) is 10.4 Å². The van der Waals surface area contributed by atoms with E-state index in [4.69, 9.17) is 5.53 Å². The standard InChI is InChI=1S/C6H6N4O2S/c7-9-8-4-2-10-5(11)1-6(10)13(12)3-4/h2,6H,1,3H2/t6-,13?/m0/s1. The van der Waals surface area contributed by atoms with Gasteiger partial charge >= 0.3 is 0 Å². The molecule has 2 heterocycles. The number of hydrogen-bond acceptors (Lipinski definition) is 3. The summed E-state index contributed by atoms with van der Waals surface area (Å²) in [5.41, 5.74) is 8.52. The minimum Gasteiger partial charge on any atom is -0.303 e. The van der Waals surface area contributed by atoms with Gasteiger partial charge in [-0.15, -0.1) is 0 Å². The Kier molecular flexibility index (Phi) is 1.82. The van der Waals surface area contributed by atoms with E-state index >= 15 is 0 Å². The highest BCUT2D eigenvalue weighted by Gasteiger charge is 2.41. The van der Waals surface area contributed by atoms with Crippen LogP contribution < -0.4 is 0 Å². The molecule has 0 aromatic heterocycles. The van der Waals surface area contributed by atoms with Crippen molar-refractivity contribution < 1.29 is 9.00 Å². The molecule has 0 N–H and O–H groups in total. The first-order valence-electron chi connectivity index (χ1n) is 3.66. The van der Waals surface area contributed by atoms with Crippen LogP contribution >= 0.6 is 0 Å². The van der Waals surface area contributed by atoms with Crippen molar-refractivity contribution in [3.05, 3.63) is 22.3 Å². The van der Waals surface area contributed by atoms with Gasteiger partial charge in [-0.25, -0.2) is 0 Å². The minimum absolute atomic E-state index is 0.0660. The number of azide groups is 1. The molecule has 0 bridgehead atoms. The van der Waals surface area contributed by atoms with Crippen molar-refractivity contribution in [2.24, 2.45) is 5.11 Å². The topological polar surface area (TPSA) is 86.1 Å². The predicted octanol–water partition coefficient (Wildman–Crippen LogP) is 0.459. The zero-order chi connectivity index (χ0) is 9.42. The molecule has 0 radical (unpaired) electrons. The summed E-state index contributed by atoms with van der Waals surface area (Å²) in [5.74, 6) is 0.182.